The lowest BCUT2D eigenvalue weighted by Crippen LogP contribution is -2.34. The second-order valence-electron chi connectivity index (χ2n) is 6.52. The van der Waals surface area contributed by atoms with E-state index in [1.807, 2.05) is 19.2 Å². The first-order valence-corrected chi connectivity index (χ1v) is 10.1. The van der Waals surface area contributed by atoms with E-state index in [2.05, 4.69) is 27.5 Å². The number of hydrogen-bond acceptors (Lipinski definition) is 6. The van der Waals surface area contributed by atoms with Gasteiger partial charge in [-0.15, -0.1) is 22.7 Å². The molecule has 0 aliphatic carbocycles. The molecule has 2 N–H and O–H groups in total. The van der Waals surface area contributed by atoms with Crippen LogP contribution in [0.15, 0.2) is 5.38 Å². The second kappa shape index (κ2) is 7.72. The van der Waals surface area contributed by atoms with Gasteiger partial charge in [-0.1, -0.05) is 6.92 Å². The van der Waals surface area contributed by atoms with E-state index in [1.165, 1.54) is 24.2 Å². The monoisotopic (exact) mass is 364 g/mol. The molecule has 2 atom stereocenters. The highest BCUT2D eigenvalue weighted by molar-refractivity contribution is 7.16. The van der Waals surface area contributed by atoms with Crippen molar-refractivity contribution >= 4 is 33.7 Å². The molecule has 1 amide bonds. The minimum absolute atomic E-state index is 0.0613. The van der Waals surface area contributed by atoms with E-state index in [9.17, 15) is 4.79 Å². The van der Waals surface area contributed by atoms with E-state index >= 15 is 0 Å². The summed E-state index contributed by atoms with van der Waals surface area (Å²) in [4.78, 5) is 22.4. The number of nitrogens with one attached hydrogen (secondary N) is 2. The van der Waals surface area contributed by atoms with Crippen LogP contribution in [0.25, 0.3) is 10.6 Å². The summed E-state index contributed by atoms with van der Waals surface area (Å²) in [7, 11) is 0. The van der Waals surface area contributed by atoms with Crippen molar-refractivity contribution in [3.8, 4) is 10.6 Å². The summed E-state index contributed by atoms with van der Waals surface area (Å²) in [5.41, 5.74) is 1.90. The van der Waals surface area contributed by atoms with Gasteiger partial charge in [0.1, 0.15) is 0 Å². The van der Waals surface area contributed by atoms with Gasteiger partial charge < -0.3 is 10.6 Å². The molecule has 0 radical (unpaired) electrons. The molecule has 3 heterocycles. The Bertz CT molecular complexity index is 703. The van der Waals surface area contributed by atoms with Crippen LogP contribution in [0, 0.1) is 25.7 Å². The number of hydrogen-bond donors (Lipinski definition) is 2. The molecule has 2 unspecified atom stereocenters. The zero-order chi connectivity index (χ0) is 17.1. The van der Waals surface area contributed by atoms with Crippen LogP contribution in [0.3, 0.4) is 0 Å². The van der Waals surface area contributed by atoms with Gasteiger partial charge in [-0.2, -0.15) is 0 Å². The maximum absolute atomic E-state index is 12.3. The van der Waals surface area contributed by atoms with Gasteiger partial charge in [-0.3, -0.25) is 4.79 Å². The Morgan fingerprint density at radius 3 is 2.96 bits per heavy atom. The van der Waals surface area contributed by atoms with Crippen molar-refractivity contribution in [2.45, 2.75) is 40.0 Å². The maximum Gasteiger partial charge on any atom is 0.226 e. The van der Waals surface area contributed by atoms with Crippen molar-refractivity contribution in [2.75, 3.05) is 18.4 Å². The van der Waals surface area contributed by atoms with Crippen LogP contribution in [-0.2, 0) is 4.79 Å². The van der Waals surface area contributed by atoms with Crippen LogP contribution >= 0.6 is 22.7 Å². The van der Waals surface area contributed by atoms with Gasteiger partial charge in [0.25, 0.3) is 0 Å². The van der Waals surface area contributed by atoms with Gasteiger partial charge in [-0.25, -0.2) is 9.97 Å². The number of anilines is 1. The minimum Gasteiger partial charge on any atom is -0.316 e. The number of piperidine rings is 1. The van der Waals surface area contributed by atoms with E-state index in [-0.39, 0.29) is 5.91 Å². The third-order valence-electron chi connectivity index (χ3n) is 4.53. The molecule has 24 heavy (non-hydrogen) atoms. The van der Waals surface area contributed by atoms with Gasteiger partial charge in [-0.05, 0) is 51.6 Å². The van der Waals surface area contributed by atoms with Crippen LogP contribution < -0.4 is 10.6 Å². The zero-order valence-electron chi connectivity index (χ0n) is 14.4. The summed E-state index contributed by atoms with van der Waals surface area (Å²) in [6.07, 6.45) is 2.98. The Kier molecular flexibility index (Phi) is 5.63. The number of rotatable bonds is 5. The van der Waals surface area contributed by atoms with Gasteiger partial charge >= 0.3 is 0 Å². The molecule has 1 aliphatic heterocycles. The van der Waals surface area contributed by atoms with Gasteiger partial charge in [0.15, 0.2) is 5.13 Å². The third-order valence-corrected chi connectivity index (χ3v) is 6.39. The third kappa shape index (κ3) is 4.20. The van der Waals surface area contributed by atoms with Crippen LogP contribution in [-0.4, -0.2) is 29.0 Å². The largest absolute Gasteiger partial charge is 0.316 e. The van der Waals surface area contributed by atoms with Crippen LogP contribution in [0.1, 0.15) is 36.9 Å². The molecule has 0 bridgehead atoms. The lowest BCUT2D eigenvalue weighted by Gasteiger charge is -2.27. The molecular formula is C17H24N4OS2. The number of aryl methyl sites for hydroxylation is 2. The first-order chi connectivity index (χ1) is 11.5. The Labute approximate surface area is 150 Å². The fourth-order valence-corrected chi connectivity index (χ4v) is 4.87. The maximum atomic E-state index is 12.3. The molecule has 1 saturated heterocycles. The SMILES string of the molecule is Cc1nc(C)c(-c2csc(NC(=O)CC(C)C3CCCNC3)n2)s1. The second-order valence-corrected chi connectivity index (χ2v) is 8.58. The van der Waals surface area contributed by atoms with Crippen LogP contribution in [0.2, 0.25) is 0 Å². The van der Waals surface area contributed by atoms with Crippen LogP contribution in [0.5, 0.6) is 0 Å². The Balaban J connectivity index is 1.58. The summed E-state index contributed by atoms with van der Waals surface area (Å²) in [5, 5.41) is 10.1. The fourth-order valence-electron chi connectivity index (χ4n) is 3.20. The lowest BCUT2D eigenvalue weighted by atomic mass is 9.85. The van der Waals surface area contributed by atoms with Crippen molar-refractivity contribution in [1.82, 2.24) is 15.3 Å². The molecule has 0 spiro atoms. The number of carbonyl (C=O) groups is 1. The molecule has 2 aromatic heterocycles. The minimum atomic E-state index is 0.0613. The highest BCUT2D eigenvalue weighted by Gasteiger charge is 2.22. The van der Waals surface area contributed by atoms with Gasteiger partial charge in [0, 0.05) is 11.8 Å². The van der Waals surface area contributed by atoms with E-state index in [0.29, 0.717) is 23.4 Å². The molecule has 2 aromatic rings. The molecule has 130 valence electrons. The predicted octanol–water partition coefficient (Wildman–Crippen LogP) is 3.85. The Morgan fingerprint density at radius 1 is 1.46 bits per heavy atom. The molecule has 1 aliphatic rings. The van der Waals surface area contributed by atoms with Crippen molar-refractivity contribution < 1.29 is 4.79 Å². The average molecular weight is 365 g/mol. The topological polar surface area (TPSA) is 66.9 Å². The summed E-state index contributed by atoms with van der Waals surface area (Å²) < 4.78 is 0. The van der Waals surface area contributed by atoms with Gasteiger partial charge in [0.05, 0.1) is 21.3 Å². The van der Waals surface area contributed by atoms with E-state index in [4.69, 9.17) is 0 Å². The summed E-state index contributed by atoms with van der Waals surface area (Å²) in [5.74, 6) is 1.05. The highest BCUT2D eigenvalue weighted by Crippen LogP contribution is 2.32. The lowest BCUT2D eigenvalue weighted by molar-refractivity contribution is -0.117. The van der Waals surface area contributed by atoms with E-state index in [0.717, 1.165) is 34.4 Å². The van der Waals surface area contributed by atoms with E-state index < -0.39 is 0 Å². The Hall–Kier alpha value is -1.31. The number of thiazole rings is 2. The van der Waals surface area contributed by atoms with Crippen molar-refractivity contribution in [3.05, 3.63) is 16.1 Å². The predicted molar refractivity (Wildman–Crippen MR) is 101 cm³/mol. The molecule has 3 rings (SSSR count). The van der Waals surface area contributed by atoms with Crippen molar-refractivity contribution in [2.24, 2.45) is 11.8 Å². The standard InChI is InChI=1S/C17H24N4OS2/c1-10(13-5-4-6-18-8-13)7-15(22)21-17-20-14(9-23-17)16-11(2)19-12(3)24-16/h9-10,13,18H,4-8H2,1-3H3,(H,20,21,22). The first-order valence-electron chi connectivity index (χ1n) is 8.43. The van der Waals surface area contributed by atoms with Crippen LogP contribution in [0.4, 0.5) is 5.13 Å². The quantitative estimate of drug-likeness (QED) is 0.846. The first kappa shape index (κ1) is 17.5. The average Bonchev–Trinajstić information content (AvgIpc) is 3.14. The Morgan fingerprint density at radius 2 is 2.29 bits per heavy atom. The normalized spacial score (nSPS) is 19.2. The van der Waals surface area contributed by atoms with E-state index in [1.54, 1.807) is 11.3 Å². The molecule has 0 aromatic carbocycles. The molecule has 5 nitrogen and oxygen atoms in total. The molecular weight excluding hydrogens is 340 g/mol. The number of carbonyl (C=O) groups excluding carboxylic acids is 1. The summed E-state index contributed by atoms with van der Waals surface area (Å²) in [6.45, 7) is 8.30. The summed E-state index contributed by atoms with van der Waals surface area (Å²) in [6, 6.07) is 0. The van der Waals surface area contributed by atoms with Crippen molar-refractivity contribution in [3.63, 3.8) is 0 Å². The molecule has 0 saturated carbocycles. The molecule has 1 fully saturated rings. The molecule has 7 heteroatoms. The zero-order valence-corrected chi connectivity index (χ0v) is 16.0. The highest BCUT2D eigenvalue weighted by atomic mass is 32.1. The van der Waals surface area contributed by atoms with Gasteiger partial charge in [0.2, 0.25) is 5.91 Å². The summed E-state index contributed by atoms with van der Waals surface area (Å²) >= 11 is 3.12. The smallest absolute Gasteiger partial charge is 0.226 e. The number of nitrogens with zero attached hydrogens (tertiary/aromatic N) is 2. The number of aromatic nitrogens is 2. The fraction of sp³-hybridized carbons (Fsp3) is 0.588. The number of amides is 1. The van der Waals surface area contributed by atoms with Crippen molar-refractivity contribution in [1.29, 1.82) is 0 Å².